The molecule has 0 fully saturated rings. The van der Waals surface area contributed by atoms with Gasteiger partial charge in [0, 0.05) is 19.4 Å². The van der Waals surface area contributed by atoms with E-state index in [0.717, 1.165) is 23.4 Å². The number of aromatic nitrogens is 2. The van der Waals surface area contributed by atoms with E-state index in [9.17, 15) is 13.0 Å². The molecule has 1 aromatic carbocycles. The molecular weight excluding hydrogens is 326 g/mol. The third-order valence-corrected chi connectivity index (χ3v) is 5.77. The first kappa shape index (κ1) is 18.4. The van der Waals surface area contributed by atoms with Crippen LogP contribution in [0.4, 0.5) is 0 Å². The largest absolute Gasteiger partial charge is 0.748 e. The minimum Gasteiger partial charge on any atom is -0.748 e. The van der Waals surface area contributed by atoms with Gasteiger partial charge in [-0.25, -0.2) is 17.6 Å². The number of hydrogen-bond acceptors (Lipinski definition) is 4. The van der Waals surface area contributed by atoms with Gasteiger partial charge in [-0.05, 0) is 25.5 Å². The van der Waals surface area contributed by atoms with Crippen molar-refractivity contribution in [3.63, 3.8) is 0 Å². The van der Waals surface area contributed by atoms with Gasteiger partial charge < -0.3 is 4.55 Å². The number of rotatable bonds is 7. The molecule has 0 saturated carbocycles. The van der Waals surface area contributed by atoms with Gasteiger partial charge in [0.15, 0.2) is 11.0 Å². The van der Waals surface area contributed by atoms with Crippen LogP contribution in [0.2, 0.25) is 0 Å². The highest BCUT2D eigenvalue weighted by Gasteiger charge is 2.23. The van der Waals surface area contributed by atoms with Gasteiger partial charge in [0.2, 0.25) is 0 Å². The topological polar surface area (TPSA) is 89.8 Å². The van der Waals surface area contributed by atoms with Crippen molar-refractivity contribution >= 4 is 21.2 Å². The van der Waals surface area contributed by atoms with Gasteiger partial charge in [0.25, 0.3) is 5.82 Å². The van der Waals surface area contributed by atoms with Crippen molar-refractivity contribution in [2.45, 2.75) is 58.4 Å². The Labute approximate surface area is 143 Å². The Kier molecular flexibility index (Phi) is 5.62. The summed E-state index contributed by atoms with van der Waals surface area (Å²) in [6.07, 6.45) is 1.32. The van der Waals surface area contributed by atoms with E-state index in [1.807, 2.05) is 37.5 Å². The van der Waals surface area contributed by atoms with Crippen molar-refractivity contribution in [3.05, 3.63) is 29.6 Å². The summed E-state index contributed by atoms with van der Waals surface area (Å²) in [6.45, 7) is 7.10. The number of hydrogen-bond donors (Lipinski definition) is 0. The Morgan fingerprint density at radius 1 is 1.33 bits per heavy atom. The molecule has 1 atom stereocenters. The molecule has 24 heavy (non-hydrogen) atoms. The molecule has 0 spiro atoms. The van der Waals surface area contributed by atoms with Crippen LogP contribution < -0.4 is 4.57 Å². The number of nitriles is 1. The van der Waals surface area contributed by atoms with Crippen LogP contribution in [-0.4, -0.2) is 22.8 Å². The molecule has 2 rings (SSSR count). The Hall–Kier alpha value is -1.91. The summed E-state index contributed by atoms with van der Waals surface area (Å²) in [5, 5.41) is 8.26. The fourth-order valence-corrected chi connectivity index (χ4v) is 4.16. The van der Waals surface area contributed by atoms with Crippen LogP contribution in [0, 0.1) is 18.3 Å². The lowest BCUT2D eigenvalue weighted by atomic mass is 10.2. The lowest BCUT2D eigenvalue weighted by molar-refractivity contribution is -0.675. The minimum absolute atomic E-state index is 0.283. The van der Waals surface area contributed by atoms with E-state index < -0.39 is 15.4 Å². The molecule has 1 heterocycles. The molecule has 0 bridgehead atoms. The van der Waals surface area contributed by atoms with Gasteiger partial charge in [-0.1, -0.05) is 13.3 Å². The van der Waals surface area contributed by atoms with Crippen molar-refractivity contribution in [3.8, 4) is 6.07 Å². The number of nitrogens with zero attached hydrogens (tertiary/aromatic N) is 3. The van der Waals surface area contributed by atoms with Crippen LogP contribution in [0.15, 0.2) is 18.2 Å². The molecule has 0 unspecified atom stereocenters. The molecule has 0 radical (unpaired) electrons. The van der Waals surface area contributed by atoms with Gasteiger partial charge in [-0.2, -0.15) is 5.26 Å². The van der Waals surface area contributed by atoms with Gasteiger partial charge in [-0.3, -0.25) is 0 Å². The summed E-state index contributed by atoms with van der Waals surface area (Å²) in [5.74, 6) is 0.987. The van der Waals surface area contributed by atoms with E-state index in [-0.39, 0.29) is 6.42 Å². The van der Waals surface area contributed by atoms with Crippen molar-refractivity contribution in [2.24, 2.45) is 0 Å². The summed E-state index contributed by atoms with van der Waals surface area (Å²) in [7, 11) is -4.30. The van der Waals surface area contributed by atoms with Crippen LogP contribution in [0.3, 0.4) is 0 Å². The number of fused-ring (bicyclic) bond motifs is 1. The molecule has 0 saturated heterocycles. The summed E-state index contributed by atoms with van der Waals surface area (Å²) in [4.78, 5) is 0. The molecule has 0 aliphatic heterocycles. The Balaban J connectivity index is 2.44. The lowest BCUT2D eigenvalue weighted by Gasteiger charge is -2.19. The first-order chi connectivity index (χ1) is 11.3. The van der Waals surface area contributed by atoms with Gasteiger partial charge in [0.05, 0.1) is 40.1 Å². The highest BCUT2D eigenvalue weighted by atomic mass is 32.2. The van der Waals surface area contributed by atoms with E-state index in [0.29, 0.717) is 24.9 Å². The number of aryl methyl sites for hydroxylation is 2. The lowest BCUT2D eigenvalue weighted by Crippen LogP contribution is -2.35. The molecule has 6 nitrogen and oxygen atoms in total. The molecule has 0 N–H and O–H groups in total. The Bertz CT molecular complexity index is 879. The second-order valence-corrected chi connectivity index (χ2v) is 7.60. The maximum absolute atomic E-state index is 11.4. The zero-order valence-corrected chi connectivity index (χ0v) is 15.1. The fraction of sp³-hybridized carbons (Fsp3) is 0.529. The maximum Gasteiger partial charge on any atom is 0.254 e. The molecule has 2 aromatic rings. The van der Waals surface area contributed by atoms with Crippen LogP contribution in [0.5, 0.6) is 0 Å². The van der Waals surface area contributed by atoms with Gasteiger partial charge in [0.1, 0.15) is 0 Å². The van der Waals surface area contributed by atoms with Crippen molar-refractivity contribution < 1.29 is 17.5 Å². The van der Waals surface area contributed by atoms with Crippen LogP contribution in [0.25, 0.3) is 11.0 Å². The van der Waals surface area contributed by atoms with Gasteiger partial charge >= 0.3 is 0 Å². The number of imidazole rings is 1. The average molecular weight is 349 g/mol. The van der Waals surface area contributed by atoms with E-state index in [4.69, 9.17) is 5.26 Å². The first-order valence-electron chi connectivity index (χ1n) is 8.20. The summed E-state index contributed by atoms with van der Waals surface area (Å²) in [6, 6.07) is 7.64. The monoisotopic (exact) mass is 349 g/mol. The van der Waals surface area contributed by atoms with E-state index in [1.54, 1.807) is 6.07 Å². The zero-order valence-electron chi connectivity index (χ0n) is 14.3. The smallest absolute Gasteiger partial charge is 0.254 e. The quantitative estimate of drug-likeness (QED) is 0.566. The SMILES string of the molecule is CCC[C@@H](CCn1c(C)[n+](CC)c2ccc(C#N)cc21)S(=O)(=O)[O-]. The highest BCUT2D eigenvalue weighted by molar-refractivity contribution is 7.86. The van der Waals surface area contributed by atoms with Crippen molar-refractivity contribution in [1.29, 1.82) is 5.26 Å². The van der Waals surface area contributed by atoms with Gasteiger partial charge in [-0.15, -0.1) is 0 Å². The average Bonchev–Trinajstić information content (AvgIpc) is 2.80. The second-order valence-electron chi connectivity index (χ2n) is 5.95. The predicted molar refractivity (Wildman–Crippen MR) is 90.3 cm³/mol. The van der Waals surface area contributed by atoms with Crippen molar-refractivity contribution in [2.75, 3.05) is 0 Å². The molecule has 0 aliphatic rings. The third-order valence-electron chi connectivity index (χ3n) is 4.48. The normalized spacial score (nSPS) is 13.1. The second kappa shape index (κ2) is 7.32. The molecule has 0 amide bonds. The standard InChI is InChI=1S/C17H23N3O3S/c1-4-6-15(24(21,22)23)9-10-20-13(3)19(5-2)16-8-7-14(12-18)11-17(16)20/h7-8,11,15H,4-6,9-10H2,1-3H3/t15-/m0/s1. The summed E-state index contributed by atoms with van der Waals surface area (Å²) >= 11 is 0. The highest BCUT2D eigenvalue weighted by Crippen LogP contribution is 2.19. The minimum atomic E-state index is -4.30. The molecule has 0 aliphatic carbocycles. The summed E-state index contributed by atoms with van der Waals surface area (Å²) < 4.78 is 38.4. The van der Waals surface area contributed by atoms with Crippen molar-refractivity contribution in [1.82, 2.24) is 4.57 Å². The zero-order chi connectivity index (χ0) is 17.9. The van der Waals surface area contributed by atoms with Crippen LogP contribution >= 0.6 is 0 Å². The first-order valence-corrected chi connectivity index (χ1v) is 9.68. The van der Waals surface area contributed by atoms with Crippen LogP contribution in [0.1, 0.15) is 44.5 Å². The Morgan fingerprint density at radius 3 is 2.58 bits per heavy atom. The van der Waals surface area contributed by atoms with E-state index in [2.05, 4.69) is 10.6 Å². The maximum atomic E-state index is 11.4. The van der Waals surface area contributed by atoms with Crippen LogP contribution in [-0.2, 0) is 23.2 Å². The molecule has 1 aromatic heterocycles. The third kappa shape index (κ3) is 3.60. The molecule has 130 valence electrons. The van der Waals surface area contributed by atoms with E-state index >= 15 is 0 Å². The Morgan fingerprint density at radius 2 is 2.04 bits per heavy atom. The van der Waals surface area contributed by atoms with E-state index in [1.165, 1.54) is 0 Å². The molecule has 7 heteroatoms. The predicted octanol–water partition coefficient (Wildman–Crippen LogP) is 2.23. The molecular formula is C17H23N3O3S. The fourth-order valence-electron chi connectivity index (χ4n) is 3.24. The summed E-state index contributed by atoms with van der Waals surface area (Å²) in [5.41, 5.74) is 2.46. The number of benzene rings is 1.